The van der Waals surface area contributed by atoms with Crippen LogP contribution >= 0.6 is 0 Å². The van der Waals surface area contributed by atoms with E-state index in [1.807, 2.05) is 31.2 Å². The maximum atomic E-state index is 9.00. The monoisotopic (exact) mass is 214 g/mol. The van der Waals surface area contributed by atoms with E-state index in [1.54, 1.807) is 0 Å². The van der Waals surface area contributed by atoms with E-state index < -0.39 is 6.04 Å². The molecule has 0 aromatic heterocycles. The molecule has 0 saturated carbocycles. The molecule has 0 heterocycles. The lowest BCUT2D eigenvalue weighted by atomic mass is 10.1. The van der Waals surface area contributed by atoms with E-state index in [-0.39, 0.29) is 0 Å². The largest absolute Gasteiger partial charge is 0.494 e. The Hall–Kier alpha value is -1.97. The number of terminal acetylenes is 1. The first-order valence-corrected chi connectivity index (χ1v) is 5.11. The van der Waals surface area contributed by atoms with Crippen molar-refractivity contribution in [3.05, 3.63) is 29.8 Å². The number of hydrogen-bond donors (Lipinski definition) is 1. The van der Waals surface area contributed by atoms with Gasteiger partial charge in [0.2, 0.25) is 0 Å². The van der Waals surface area contributed by atoms with E-state index in [4.69, 9.17) is 16.4 Å². The zero-order chi connectivity index (χ0) is 11.8. The van der Waals surface area contributed by atoms with Gasteiger partial charge in [-0.3, -0.25) is 5.32 Å². The van der Waals surface area contributed by atoms with Crippen molar-refractivity contribution in [3.63, 3.8) is 0 Å². The van der Waals surface area contributed by atoms with Gasteiger partial charge >= 0.3 is 0 Å². The molecule has 0 amide bonds. The van der Waals surface area contributed by atoms with Gasteiger partial charge in [0.05, 0.1) is 19.2 Å². The van der Waals surface area contributed by atoms with E-state index in [1.165, 1.54) is 0 Å². The maximum Gasteiger partial charge on any atom is 0.122 e. The first-order chi connectivity index (χ1) is 7.81. The number of hydrogen-bond acceptors (Lipinski definition) is 3. The average Bonchev–Trinajstić information content (AvgIpc) is 2.31. The number of nitrogens with zero attached hydrogens (tertiary/aromatic N) is 1. The summed E-state index contributed by atoms with van der Waals surface area (Å²) < 4.78 is 5.37. The zero-order valence-electron chi connectivity index (χ0n) is 9.23. The normalized spacial score (nSPS) is 11.2. The van der Waals surface area contributed by atoms with Gasteiger partial charge in [0.1, 0.15) is 11.8 Å². The topological polar surface area (TPSA) is 45.0 Å². The maximum absolute atomic E-state index is 9.00. The van der Waals surface area contributed by atoms with Gasteiger partial charge in [-0.1, -0.05) is 18.1 Å². The standard InChI is InChI=1S/C13H14N2O/c1-3-8-15-13(10-14)11-6-5-7-12(9-11)16-4-2/h1,5-7,9,13,15H,4,8H2,2H3. The molecule has 1 aromatic rings. The van der Waals surface area contributed by atoms with Crippen LogP contribution < -0.4 is 10.1 Å². The van der Waals surface area contributed by atoms with Crippen LogP contribution in [0.4, 0.5) is 0 Å². The van der Waals surface area contributed by atoms with Gasteiger partial charge in [0, 0.05) is 0 Å². The predicted molar refractivity (Wildman–Crippen MR) is 62.8 cm³/mol. The molecule has 3 nitrogen and oxygen atoms in total. The van der Waals surface area contributed by atoms with Crippen LogP contribution in [0.25, 0.3) is 0 Å². The highest BCUT2D eigenvalue weighted by molar-refractivity contribution is 5.33. The van der Waals surface area contributed by atoms with Gasteiger partial charge in [0.25, 0.3) is 0 Å². The van der Waals surface area contributed by atoms with E-state index in [0.29, 0.717) is 13.2 Å². The van der Waals surface area contributed by atoms with Crippen molar-refractivity contribution in [1.29, 1.82) is 5.26 Å². The van der Waals surface area contributed by atoms with Gasteiger partial charge < -0.3 is 4.74 Å². The first-order valence-electron chi connectivity index (χ1n) is 5.11. The van der Waals surface area contributed by atoms with E-state index in [9.17, 15) is 0 Å². The van der Waals surface area contributed by atoms with E-state index in [2.05, 4.69) is 17.3 Å². The summed E-state index contributed by atoms with van der Waals surface area (Å²) in [6.45, 7) is 2.90. The molecule has 3 heteroatoms. The minimum atomic E-state index is -0.392. The third-order valence-corrected chi connectivity index (χ3v) is 2.04. The minimum Gasteiger partial charge on any atom is -0.494 e. The van der Waals surface area contributed by atoms with Gasteiger partial charge in [-0.15, -0.1) is 6.42 Å². The lowest BCUT2D eigenvalue weighted by Crippen LogP contribution is -2.20. The summed E-state index contributed by atoms with van der Waals surface area (Å²) in [6.07, 6.45) is 5.14. The van der Waals surface area contributed by atoms with Crippen LogP contribution in [-0.4, -0.2) is 13.2 Å². The van der Waals surface area contributed by atoms with Gasteiger partial charge in [-0.2, -0.15) is 5.26 Å². The summed E-state index contributed by atoms with van der Waals surface area (Å²) in [5.74, 6) is 3.21. The van der Waals surface area contributed by atoms with E-state index >= 15 is 0 Å². The molecule has 0 fully saturated rings. The van der Waals surface area contributed by atoms with Crippen molar-refractivity contribution in [2.24, 2.45) is 0 Å². The number of rotatable bonds is 5. The van der Waals surface area contributed by atoms with Crippen molar-refractivity contribution in [1.82, 2.24) is 5.32 Å². The second kappa shape index (κ2) is 6.50. The Morgan fingerprint density at radius 3 is 3.00 bits per heavy atom. The molecule has 0 aliphatic rings. The lowest BCUT2D eigenvalue weighted by Gasteiger charge is -2.11. The van der Waals surface area contributed by atoms with Crippen LogP contribution in [0.1, 0.15) is 18.5 Å². The Balaban J connectivity index is 2.81. The molecule has 0 bridgehead atoms. The number of benzene rings is 1. The predicted octanol–water partition coefficient (Wildman–Crippen LogP) is 1.87. The third-order valence-electron chi connectivity index (χ3n) is 2.04. The Morgan fingerprint density at radius 1 is 1.56 bits per heavy atom. The number of ether oxygens (including phenoxy) is 1. The molecule has 1 aromatic carbocycles. The van der Waals surface area contributed by atoms with Crippen molar-refractivity contribution in [2.45, 2.75) is 13.0 Å². The molecule has 82 valence electrons. The van der Waals surface area contributed by atoms with Crippen LogP contribution in [0.3, 0.4) is 0 Å². The van der Waals surface area contributed by atoms with Crippen molar-refractivity contribution >= 4 is 0 Å². The molecule has 16 heavy (non-hydrogen) atoms. The zero-order valence-corrected chi connectivity index (χ0v) is 9.23. The molecule has 0 spiro atoms. The van der Waals surface area contributed by atoms with Crippen molar-refractivity contribution < 1.29 is 4.74 Å². The Bertz CT molecular complexity index is 415. The second-order valence-electron chi connectivity index (χ2n) is 3.15. The Labute approximate surface area is 96.0 Å². The highest BCUT2D eigenvalue weighted by atomic mass is 16.5. The molecule has 0 saturated heterocycles. The van der Waals surface area contributed by atoms with Crippen molar-refractivity contribution in [2.75, 3.05) is 13.2 Å². The van der Waals surface area contributed by atoms with Crippen molar-refractivity contribution in [3.8, 4) is 24.2 Å². The van der Waals surface area contributed by atoms with Crippen LogP contribution in [0.2, 0.25) is 0 Å². The minimum absolute atomic E-state index is 0.372. The second-order valence-corrected chi connectivity index (χ2v) is 3.15. The fourth-order valence-corrected chi connectivity index (χ4v) is 1.35. The van der Waals surface area contributed by atoms with Gasteiger partial charge in [0.15, 0.2) is 0 Å². The lowest BCUT2D eigenvalue weighted by molar-refractivity contribution is 0.339. The third kappa shape index (κ3) is 3.31. The number of nitriles is 1. The summed E-state index contributed by atoms with van der Waals surface area (Å²) in [5.41, 5.74) is 0.865. The van der Waals surface area contributed by atoms with Gasteiger partial charge in [-0.25, -0.2) is 0 Å². The summed E-state index contributed by atoms with van der Waals surface area (Å²) in [7, 11) is 0. The molecule has 0 aliphatic heterocycles. The molecule has 0 aliphatic carbocycles. The number of nitrogens with one attached hydrogen (secondary N) is 1. The molecule has 1 unspecified atom stereocenters. The molecule has 1 rings (SSSR count). The van der Waals surface area contributed by atoms with E-state index in [0.717, 1.165) is 11.3 Å². The molecule has 1 atom stereocenters. The molecule has 0 radical (unpaired) electrons. The Kier molecular flexibility index (Phi) is 4.92. The summed E-state index contributed by atoms with van der Waals surface area (Å²) in [4.78, 5) is 0. The summed E-state index contributed by atoms with van der Waals surface area (Å²) in [6, 6.07) is 9.22. The quantitative estimate of drug-likeness (QED) is 0.761. The molecule has 1 N–H and O–H groups in total. The Morgan fingerprint density at radius 2 is 2.38 bits per heavy atom. The van der Waals surface area contributed by atoms with Crippen LogP contribution in [0.5, 0.6) is 5.75 Å². The van der Waals surface area contributed by atoms with Crippen LogP contribution in [0.15, 0.2) is 24.3 Å². The van der Waals surface area contributed by atoms with Crippen LogP contribution in [-0.2, 0) is 0 Å². The summed E-state index contributed by atoms with van der Waals surface area (Å²) >= 11 is 0. The average molecular weight is 214 g/mol. The van der Waals surface area contributed by atoms with Crippen LogP contribution in [0, 0.1) is 23.7 Å². The highest BCUT2D eigenvalue weighted by Crippen LogP contribution is 2.18. The fraction of sp³-hybridized carbons (Fsp3) is 0.308. The smallest absolute Gasteiger partial charge is 0.122 e. The fourth-order valence-electron chi connectivity index (χ4n) is 1.35. The molecular formula is C13H14N2O. The van der Waals surface area contributed by atoms with Gasteiger partial charge in [-0.05, 0) is 24.6 Å². The summed E-state index contributed by atoms with van der Waals surface area (Å²) in [5, 5.41) is 12.0. The highest BCUT2D eigenvalue weighted by Gasteiger charge is 2.09. The SMILES string of the molecule is C#CCNC(C#N)c1cccc(OCC)c1. The molecular weight excluding hydrogens is 200 g/mol. The first kappa shape index (κ1) is 12.1.